The summed E-state index contributed by atoms with van der Waals surface area (Å²) in [5.41, 5.74) is 1.07. The van der Waals surface area contributed by atoms with Gasteiger partial charge in [0.25, 0.3) is 0 Å². The summed E-state index contributed by atoms with van der Waals surface area (Å²) >= 11 is 4.64. The number of Topliss-reactive ketones (excluding diaryl/α,β-unsaturated/α-hetero) is 1. The van der Waals surface area contributed by atoms with E-state index in [1.165, 1.54) is 11.9 Å². The smallest absolute Gasteiger partial charge is 0.152 e. The third kappa shape index (κ3) is 7.95. The van der Waals surface area contributed by atoms with Crippen LogP contribution in [-0.4, -0.2) is 35.7 Å². The van der Waals surface area contributed by atoms with Crippen LogP contribution in [0.1, 0.15) is 47.1 Å². The average Bonchev–Trinajstić information content (AvgIpc) is 2.44. The number of hydrogen-bond acceptors (Lipinski definition) is 2. The Morgan fingerprint density at radius 3 is 1.91 bits per heavy atom. The highest BCUT2D eigenvalue weighted by Crippen LogP contribution is 2.20. The second-order valence-corrected chi connectivity index (χ2v) is 7.50. The van der Waals surface area contributed by atoms with Crippen molar-refractivity contribution in [1.82, 2.24) is 4.90 Å². The Kier molecular flexibility index (Phi) is 8.95. The predicted octanol–water partition coefficient (Wildman–Crippen LogP) is 4.80. The zero-order valence-corrected chi connectivity index (χ0v) is 16.0. The van der Waals surface area contributed by atoms with Crippen molar-refractivity contribution in [3.63, 3.8) is 0 Å². The van der Waals surface area contributed by atoms with Crippen molar-refractivity contribution in [2.75, 3.05) is 19.5 Å². The van der Waals surface area contributed by atoms with Gasteiger partial charge < -0.3 is 0 Å². The lowest BCUT2D eigenvalue weighted by Crippen LogP contribution is -2.47. The molecule has 0 unspecified atom stereocenters. The van der Waals surface area contributed by atoms with Gasteiger partial charge in [-0.25, -0.2) is 0 Å². The maximum atomic E-state index is 12.3. The van der Waals surface area contributed by atoms with Crippen LogP contribution >= 0.6 is 11.6 Å². The molecule has 0 heterocycles. The van der Waals surface area contributed by atoms with Crippen LogP contribution in [0.25, 0.3) is 0 Å². The summed E-state index contributed by atoms with van der Waals surface area (Å²) in [4.78, 5) is 14.6. The normalized spacial score (nSPS) is 11.9. The quantitative estimate of drug-likeness (QED) is 0.725. The van der Waals surface area contributed by atoms with Crippen molar-refractivity contribution in [1.29, 1.82) is 0 Å². The number of nitrogens with zero attached hydrogens (tertiary/aromatic N) is 1. The van der Waals surface area contributed by atoms with Crippen molar-refractivity contribution >= 4 is 17.4 Å². The van der Waals surface area contributed by atoms with E-state index in [0.717, 1.165) is 13.0 Å². The second-order valence-electron chi connectivity index (χ2n) is 7.50. The number of carbonyl (C=O) groups excluding carboxylic acids is 1. The first kappa shape index (κ1) is 21.1. The number of rotatable bonds is 5. The zero-order valence-electron chi connectivity index (χ0n) is 15.2. The molecule has 2 nitrogen and oxygen atoms in total. The minimum atomic E-state index is -0.268. The summed E-state index contributed by atoms with van der Waals surface area (Å²) in [6.45, 7) is 13.9. The van der Waals surface area contributed by atoms with E-state index in [-0.39, 0.29) is 11.0 Å². The van der Waals surface area contributed by atoms with Gasteiger partial charge in [-0.1, -0.05) is 51.1 Å². The molecule has 0 saturated carbocycles. The fourth-order valence-corrected chi connectivity index (χ4v) is 1.97. The maximum absolute atomic E-state index is 12.3. The molecule has 0 aliphatic rings. The van der Waals surface area contributed by atoms with Gasteiger partial charge in [0.2, 0.25) is 0 Å². The Labute approximate surface area is 141 Å². The summed E-state index contributed by atoms with van der Waals surface area (Å²) in [6, 6.07) is 10.5. The van der Waals surface area contributed by atoms with Crippen molar-refractivity contribution in [3.8, 4) is 0 Å². The van der Waals surface area contributed by atoms with E-state index >= 15 is 0 Å². The van der Waals surface area contributed by atoms with Gasteiger partial charge >= 0.3 is 0 Å². The molecule has 0 bridgehead atoms. The van der Waals surface area contributed by atoms with Crippen molar-refractivity contribution in [2.45, 2.75) is 53.5 Å². The molecule has 0 aromatic heterocycles. The van der Waals surface area contributed by atoms with Gasteiger partial charge in [0, 0.05) is 23.9 Å². The lowest BCUT2D eigenvalue weighted by Gasteiger charge is -2.36. The topological polar surface area (TPSA) is 20.3 Å². The monoisotopic (exact) mass is 325 g/mol. The summed E-state index contributed by atoms with van der Waals surface area (Å²) < 4.78 is 0. The molecule has 0 radical (unpaired) electrons. The third-order valence-corrected chi connectivity index (χ3v) is 3.63. The minimum Gasteiger partial charge on any atom is -0.298 e. The number of benzene rings is 1. The van der Waals surface area contributed by atoms with Crippen LogP contribution in [0, 0.1) is 5.41 Å². The van der Waals surface area contributed by atoms with Gasteiger partial charge in [-0.3, -0.25) is 9.69 Å². The maximum Gasteiger partial charge on any atom is 0.152 e. The first-order chi connectivity index (χ1) is 10.1. The standard InChI is InChI=1S/C18H29NO.CH3Cl/c1-17(2,3)16(20)14-19(18(4,5)6)13-12-15-10-8-7-9-11-15;1-2/h7-11H,12-14H2,1-6H3;1H3. The van der Waals surface area contributed by atoms with Gasteiger partial charge in [-0.2, -0.15) is 0 Å². The first-order valence-corrected chi connectivity index (χ1v) is 8.56. The predicted molar refractivity (Wildman–Crippen MR) is 97.7 cm³/mol. The molecule has 0 atom stereocenters. The van der Waals surface area contributed by atoms with Crippen LogP contribution in [0.15, 0.2) is 30.3 Å². The molecule has 1 aromatic carbocycles. The number of carbonyl (C=O) groups is 1. The Balaban J connectivity index is 0.00000211. The minimum absolute atomic E-state index is 0.00961. The molecule has 0 saturated heterocycles. The van der Waals surface area contributed by atoms with Crippen LogP contribution in [0.2, 0.25) is 0 Å². The van der Waals surface area contributed by atoms with Crippen LogP contribution in [0.5, 0.6) is 0 Å². The second kappa shape index (κ2) is 9.32. The van der Waals surface area contributed by atoms with Gasteiger partial charge in [0.15, 0.2) is 5.78 Å². The molecule has 1 aromatic rings. The van der Waals surface area contributed by atoms with E-state index in [4.69, 9.17) is 0 Å². The van der Waals surface area contributed by atoms with Gasteiger partial charge in [-0.05, 0) is 32.8 Å². The van der Waals surface area contributed by atoms with E-state index in [1.54, 1.807) is 0 Å². The highest BCUT2D eigenvalue weighted by Gasteiger charge is 2.28. The van der Waals surface area contributed by atoms with Gasteiger partial charge in [0.1, 0.15) is 0 Å². The average molecular weight is 326 g/mol. The molecular weight excluding hydrogens is 294 g/mol. The van der Waals surface area contributed by atoms with Crippen LogP contribution in [0.3, 0.4) is 0 Å². The molecule has 3 heteroatoms. The molecule has 0 spiro atoms. The van der Waals surface area contributed by atoms with Crippen molar-refractivity contribution < 1.29 is 4.79 Å². The molecule has 0 aliphatic carbocycles. The highest BCUT2D eigenvalue weighted by atomic mass is 35.5. The molecule has 126 valence electrons. The van der Waals surface area contributed by atoms with Crippen LogP contribution in [-0.2, 0) is 11.2 Å². The molecular formula is C19H32ClNO. The fraction of sp³-hybridized carbons (Fsp3) is 0.632. The number of alkyl halides is 1. The Bertz CT molecular complexity index is 429. The fourth-order valence-electron chi connectivity index (χ4n) is 1.97. The number of halogens is 1. The van der Waals surface area contributed by atoms with E-state index in [2.05, 4.69) is 61.5 Å². The van der Waals surface area contributed by atoms with E-state index in [0.29, 0.717) is 12.3 Å². The summed E-state index contributed by atoms with van der Waals surface area (Å²) in [5.74, 6) is 0.306. The van der Waals surface area contributed by atoms with Crippen molar-refractivity contribution in [2.24, 2.45) is 5.41 Å². The van der Waals surface area contributed by atoms with Crippen LogP contribution < -0.4 is 0 Å². The van der Waals surface area contributed by atoms with Crippen LogP contribution in [0.4, 0.5) is 0 Å². The first-order valence-electron chi connectivity index (χ1n) is 7.81. The molecule has 0 N–H and O–H groups in total. The third-order valence-electron chi connectivity index (χ3n) is 3.63. The lowest BCUT2D eigenvalue weighted by atomic mass is 9.89. The lowest BCUT2D eigenvalue weighted by molar-refractivity contribution is -0.128. The Morgan fingerprint density at radius 1 is 1.00 bits per heavy atom. The van der Waals surface area contributed by atoms with Crippen molar-refractivity contribution in [3.05, 3.63) is 35.9 Å². The highest BCUT2D eigenvalue weighted by molar-refractivity contribution is 6.15. The summed E-state index contributed by atoms with van der Waals surface area (Å²) in [6.07, 6.45) is 2.45. The molecule has 0 amide bonds. The largest absolute Gasteiger partial charge is 0.298 e. The Morgan fingerprint density at radius 2 is 1.50 bits per heavy atom. The van der Waals surface area contributed by atoms with E-state index < -0.39 is 0 Å². The van der Waals surface area contributed by atoms with E-state index in [9.17, 15) is 4.79 Å². The summed E-state index contributed by atoms with van der Waals surface area (Å²) in [5, 5.41) is 0. The van der Waals surface area contributed by atoms with E-state index in [1.807, 2.05) is 26.8 Å². The molecule has 1 rings (SSSR count). The van der Waals surface area contributed by atoms with Gasteiger partial charge in [-0.15, -0.1) is 11.6 Å². The molecule has 22 heavy (non-hydrogen) atoms. The summed E-state index contributed by atoms with van der Waals surface area (Å²) in [7, 11) is 0. The SMILES string of the molecule is CC(C)(C)C(=O)CN(CCc1ccccc1)C(C)(C)C.CCl. The number of ketones is 1. The zero-order chi connectivity index (χ0) is 17.4. The number of hydrogen-bond donors (Lipinski definition) is 0. The molecule has 0 fully saturated rings. The molecule has 0 aliphatic heterocycles. The Hall–Kier alpha value is -0.860. The van der Waals surface area contributed by atoms with Gasteiger partial charge in [0.05, 0.1) is 6.54 Å².